The van der Waals surface area contributed by atoms with E-state index >= 15 is 0 Å². The fourth-order valence-corrected chi connectivity index (χ4v) is 14.8. The van der Waals surface area contributed by atoms with Crippen molar-refractivity contribution in [3.8, 4) is 0 Å². The van der Waals surface area contributed by atoms with Crippen LogP contribution in [0.25, 0.3) is 0 Å². The Labute approximate surface area is 385 Å². The summed E-state index contributed by atoms with van der Waals surface area (Å²) in [4.78, 5) is 14.7. The summed E-state index contributed by atoms with van der Waals surface area (Å²) in [6.07, 6.45) is -13.8. The number of carbonyl (C=O) groups excluding carboxylic acids is 1. The molecule has 66 heavy (non-hydrogen) atoms. The number of aliphatic hydroxyl groups is 12. The van der Waals surface area contributed by atoms with Crippen LogP contribution in [-0.2, 0) is 33.2 Å². The van der Waals surface area contributed by atoms with Crippen LogP contribution in [0.4, 0.5) is 0 Å². The van der Waals surface area contributed by atoms with Gasteiger partial charge in [-0.3, -0.25) is 4.79 Å². The maximum absolute atomic E-state index is 14.7. The summed E-state index contributed by atoms with van der Waals surface area (Å²) in [6, 6.07) is 0. The molecule has 8 aliphatic rings. The lowest BCUT2D eigenvalue weighted by Crippen LogP contribution is -2.67. The van der Waals surface area contributed by atoms with Crippen molar-refractivity contribution in [2.24, 2.45) is 50.2 Å². The first-order valence-corrected chi connectivity index (χ1v) is 24.1. The summed E-state index contributed by atoms with van der Waals surface area (Å²) in [6.45, 7) is 9.08. The van der Waals surface area contributed by atoms with Crippen molar-refractivity contribution in [1.82, 2.24) is 0 Å². The van der Waals surface area contributed by atoms with Crippen molar-refractivity contribution in [1.29, 1.82) is 0 Å². The van der Waals surface area contributed by atoms with Crippen LogP contribution in [0.3, 0.4) is 0 Å². The SMILES string of the molecule is CC1(CO)CCC2(C(=O)OC3OC(CO)C(O)C(O)C3O)CCC3(C)C(=CCC4C5(C)CCC(OC6OCC(O)C(OC7OC(CO)C(O)C(O)C7O)C6O)C(C)(CO)C5CCC43C)C2C1. The summed E-state index contributed by atoms with van der Waals surface area (Å²) in [5.74, 6) is -0.785. The number of rotatable bonds is 10. The Hall–Kier alpha value is -1.47. The van der Waals surface area contributed by atoms with Crippen LogP contribution in [0.1, 0.15) is 98.8 Å². The highest BCUT2D eigenvalue weighted by atomic mass is 16.7. The van der Waals surface area contributed by atoms with E-state index in [1.165, 1.54) is 0 Å². The predicted molar refractivity (Wildman–Crippen MR) is 227 cm³/mol. The van der Waals surface area contributed by atoms with E-state index in [0.29, 0.717) is 44.9 Å². The molecule has 8 rings (SSSR count). The van der Waals surface area contributed by atoms with Crippen molar-refractivity contribution in [3.63, 3.8) is 0 Å². The number of allylic oxidation sites excluding steroid dienone is 2. The molecule has 0 radical (unpaired) electrons. The molecule has 0 spiro atoms. The Morgan fingerprint density at radius 2 is 1.29 bits per heavy atom. The Bertz CT molecular complexity index is 1780. The van der Waals surface area contributed by atoms with Gasteiger partial charge < -0.3 is 89.7 Å². The number of esters is 1. The van der Waals surface area contributed by atoms with Crippen LogP contribution < -0.4 is 0 Å². The second-order valence-electron chi connectivity index (χ2n) is 22.7. The van der Waals surface area contributed by atoms with E-state index in [1.54, 1.807) is 0 Å². The highest BCUT2D eigenvalue weighted by Gasteiger charge is 2.71. The van der Waals surface area contributed by atoms with Crippen LogP contribution in [0.15, 0.2) is 11.6 Å². The van der Waals surface area contributed by atoms with Gasteiger partial charge in [0.1, 0.15) is 67.1 Å². The third-order valence-electron chi connectivity index (χ3n) is 19.3. The smallest absolute Gasteiger partial charge is 0.315 e. The minimum absolute atomic E-state index is 0.0404. The quantitative estimate of drug-likeness (QED) is 0.0690. The molecule has 0 aromatic carbocycles. The molecule has 24 atom stereocenters. The van der Waals surface area contributed by atoms with E-state index in [4.69, 9.17) is 28.4 Å². The van der Waals surface area contributed by atoms with Crippen molar-refractivity contribution in [2.75, 3.05) is 33.0 Å². The van der Waals surface area contributed by atoms with Crippen molar-refractivity contribution < 1.29 is 94.5 Å². The molecule has 24 unspecified atom stereocenters. The number of hydrogen-bond donors (Lipinski definition) is 12. The van der Waals surface area contributed by atoms with Crippen LogP contribution in [-0.4, -0.2) is 192 Å². The van der Waals surface area contributed by atoms with E-state index in [0.717, 1.165) is 24.8 Å². The second kappa shape index (κ2) is 18.3. The average molecular weight is 945 g/mol. The molecular formula is C47H76O19. The predicted octanol–water partition coefficient (Wildman–Crippen LogP) is -1.28. The zero-order chi connectivity index (χ0) is 48.1. The lowest BCUT2D eigenvalue weighted by atomic mass is 9.33. The molecule has 5 aliphatic carbocycles. The molecule has 0 aromatic heterocycles. The van der Waals surface area contributed by atoms with E-state index in [2.05, 4.69) is 26.8 Å². The molecule has 4 saturated carbocycles. The first-order chi connectivity index (χ1) is 31.0. The maximum atomic E-state index is 14.7. The molecule has 19 heteroatoms. The monoisotopic (exact) mass is 944 g/mol. The maximum Gasteiger partial charge on any atom is 0.315 e. The van der Waals surface area contributed by atoms with Gasteiger partial charge in [0.15, 0.2) is 12.6 Å². The second-order valence-corrected chi connectivity index (χ2v) is 22.7. The molecule has 19 nitrogen and oxygen atoms in total. The third-order valence-corrected chi connectivity index (χ3v) is 19.3. The summed E-state index contributed by atoms with van der Waals surface area (Å²) >= 11 is 0. The van der Waals surface area contributed by atoms with Crippen LogP contribution in [0.2, 0.25) is 0 Å². The van der Waals surface area contributed by atoms with Gasteiger partial charge in [0, 0.05) is 12.0 Å². The van der Waals surface area contributed by atoms with Crippen molar-refractivity contribution in [3.05, 3.63) is 11.6 Å². The average Bonchev–Trinajstić information content (AvgIpc) is 3.29. The van der Waals surface area contributed by atoms with E-state index in [1.807, 2.05) is 13.8 Å². The molecule has 378 valence electrons. The van der Waals surface area contributed by atoms with E-state index < -0.39 is 128 Å². The number of fused-ring (bicyclic) bond motifs is 7. The minimum atomic E-state index is -1.76. The van der Waals surface area contributed by atoms with Gasteiger partial charge >= 0.3 is 5.97 Å². The van der Waals surface area contributed by atoms with Crippen LogP contribution in [0.5, 0.6) is 0 Å². The molecule has 0 bridgehead atoms. The van der Waals surface area contributed by atoms with Gasteiger partial charge in [-0.1, -0.05) is 46.3 Å². The lowest BCUT2D eigenvalue weighted by molar-refractivity contribution is -0.358. The highest BCUT2D eigenvalue weighted by Crippen LogP contribution is 2.76. The Morgan fingerprint density at radius 3 is 1.91 bits per heavy atom. The summed E-state index contributed by atoms with van der Waals surface area (Å²) in [5.41, 5.74) is -2.08. The number of ether oxygens (including phenoxy) is 6. The Kier molecular flexibility index (Phi) is 14.1. The normalized spacial score (nSPS) is 55.1. The standard InChI is InChI=1S/C47H76O19/c1-42(20-50)12-14-47(41(60)66-40-35(58)33(56)31(54)26(18-49)63-40)15-13-45(4)22(23(47)16-42)6-7-28-43(2)10-9-29(44(3,21-51)27(43)8-11-46(28,45)5)64-38-36(59)37(24(52)19-61-38)65-39-34(57)32(55)30(53)25(17-48)62-39/h6,23-40,48-59H,7-21H2,1-5H3. The minimum Gasteiger partial charge on any atom is -0.432 e. The molecule has 3 heterocycles. The fraction of sp³-hybridized carbons (Fsp3) is 0.936. The van der Waals surface area contributed by atoms with Crippen molar-refractivity contribution >= 4 is 5.97 Å². The van der Waals surface area contributed by atoms with Gasteiger partial charge in [-0.15, -0.1) is 0 Å². The van der Waals surface area contributed by atoms with Crippen LogP contribution >= 0.6 is 0 Å². The Balaban J connectivity index is 1.03. The van der Waals surface area contributed by atoms with E-state index in [-0.39, 0.29) is 53.8 Å². The largest absolute Gasteiger partial charge is 0.432 e. The van der Waals surface area contributed by atoms with Crippen molar-refractivity contribution in [2.45, 2.75) is 191 Å². The molecule has 0 aromatic rings. The fourth-order valence-electron chi connectivity index (χ4n) is 14.8. The van der Waals surface area contributed by atoms with Crippen LogP contribution in [0, 0.1) is 50.2 Å². The first kappa shape index (κ1) is 50.9. The summed E-state index contributed by atoms with van der Waals surface area (Å²) < 4.78 is 35.3. The third kappa shape index (κ3) is 7.77. The van der Waals surface area contributed by atoms with Gasteiger partial charge in [0.2, 0.25) is 6.29 Å². The number of hydrogen-bond acceptors (Lipinski definition) is 19. The highest BCUT2D eigenvalue weighted by molar-refractivity contribution is 5.79. The van der Waals surface area contributed by atoms with Gasteiger partial charge in [-0.05, 0) is 104 Å². The summed E-state index contributed by atoms with van der Waals surface area (Å²) in [7, 11) is 0. The van der Waals surface area contributed by atoms with Gasteiger partial charge in [0.25, 0.3) is 0 Å². The Morgan fingerprint density at radius 1 is 0.667 bits per heavy atom. The zero-order valence-corrected chi connectivity index (χ0v) is 38.8. The lowest BCUT2D eigenvalue weighted by Gasteiger charge is -2.71. The van der Waals surface area contributed by atoms with Gasteiger partial charge in [-0.25, -0.2) is 0 Å². The first-order valence-electron chi connectivity index (χ1n) is 24.1. The zero-order valence-electron chi connectivity index (χ0n) is 38.8. The topological polar surface area (TPSA) is 315 Å². The van der Waals surface area contributed by atoms with Gasteiger partial charge in [0.05, 0.1) is 37.9 Å². The number of carbonyl (C=O) groups is 1. The molecule has 12 N–H and O–H groups in total. The van der Waals surface area contributed by atoms with E-state index in [9.17, 15) is 66.1 Å². The number of aliphatic hydroxyl groups excluding tert-OH is 12. The molecule has 7 fully saturated rings. The van der Waals surface area contributed by atoms with Gasteiger partial charge in [-0.2, -0.15) is 0 Å². The molecule has 0 amide bonds. The summed E-state index contributed by atoms with van der Waals surface area (Å²) in [5, 5.41) is 127. The molecular weight excluding hydrogens is 868 g/mol. The molecule has 3 aliphatic heterocycles. The molecule has 3 saturated heterocycles.